The zero-order valence-corrected chi connectivity index (χ0v) is 10.0. The highest BCUT2D eigenvalue weighted by atomic mass is 16.7. The van der Waals surface area contributed by atoms with Gasteiger partial charge in [0.2, 0.25) is 6.79 Å². The van der Waals surface area contributed by atoms with Crippen LogP contribution in [0.15, 0.2) is 30.6 Å². The molecule has 5 heteroatoms. The molecule has 0 bridgehead atoms. The molecule has 0 aliphatic carbocycles. The topological polar surface area (TPSA) is 56.3 Å². The van der Waals surface area contributed by atoms with Crippen LogP contribution < -0.4 is 14.8 Å². The zero-order chi connectivity index (χ0) is 12.4. The lowest BCUT2D eigenvalue weighted by Crippen LogP contribution is -2.02. The van der Waals surface area contributed by atoms with Crippen LogP contribution in [0.3, 0.4) is 0 Å². The Balaban J connectivity index is 1.70. The molecule has 0 saturated carbocycles. The summed E-state index contributed by atoms with van der Waals surface area (Å²) in [5.74, 6) is 2.42. The van der Waals surface area contributed by atoms with Crippen molar-refractivity contribution >= 4 is 5.82 Å². The second-order valence-electron chi connectivity index (χ2n) is 4.09. The molecule has 0 radical (unpaired) electrons. The van der Waals surface area contributed by atoms with Gasteiger partial charge in [0, 0.05) is 18.3 Å². The van der Waals surface area contributed by atoms with Crippen LogP contribution in [-0.4, -0.2) is 16.8 Å². The van der Waals surface area contributed by atoms with E-state index >= 15 is 0 Å². The second kappa shape index (κ2) is 4.52. The van der Waals surface area contributed by atoms with Gasteiger partial charge in [-0.3, -0.25) is 0 Å². The Morgan fingerprint density at radius 2 is 2.06 bits per heavy atom. The first-order valence-electron chi connectivity index (χ1n) is 5.72. The minimum atomic E-state index is 0.303. The summed E-state index contributed by atoms with van der Waals surface area (Å²) in [6.07, 6.45) is 1.55. The molecule has 0 unspecified atom stereocenters. The fourth-order valence-electron chi connectivity index (χ4n) is 1.79. The Morgan fingerprint density at radius 3 is 2.94 bits per heavy atom. The van der Waals surface area contributed by atoms with Crippen molar-refractivity contribution < 1.29 is 9.47 Å². The maximum Gasteiger partial charge on any atom is 0.231 e. The summed E-state index contributed by atoms with van der Waals surface area (Å²) < 4.78 is 10.6. The Morgan fingerprint density at radius 1 is 1.17 bits per heavy atom. The molecule has 1 aromatic heterocycles. The Kier molecular flexibility index (Phi) is 2.72. The number of nitrogens with one attached hydrogen (secondary N) is 1. The highest BCUT2D eigenvalue weighted by Crippen LogP contribution is 2.32. The average Bonchev–Trinajstić information content (AvgIpc) is 2.84. The van der Waals surface area contributed by atoms with Gasteiger partial charge in [0.1, 0.15) is 12.1 Å². The minimum absolute atomic E-state index is 0.303. The summed E-state index contributed by atoms with van der Waals surface area (Å²) in [5.41, 5.74) is 2.06. The summed E-state index contributed by atoms with van der Waals surface area (Å²) in [5, 5.41) is 3.25. The van der Waals surface area contributed by atoms with Crippen molar-refractivity contribution in [2.45, 2.75) is 13.5 Å². The van der Waals surface area contributed by atoms with Gasteiger partial charge in [-0.05, 0) is 24.6 Å². The predicted octanol–water partition coefficient (Wildman–Crippen LogP) is 2.13. The van der Waals surface area contributed by atoms with Crippen LogP contribution in [0.4, 0.5) is 5.82 Å². The maximum absolute atomic E-state index is 5.33. The number of hydrogen-bond donors (Lipinski definition) is 1. The van der Waals surface area contributed by atoms with Crippen molar-refractivity contribution in [3.05, 3.63) is 41.9 Å². The van der Waals surface area contributed by atoms with E-state index < -0.39 is 0 Å². The van der Waals surface area contributed by atoms with Crippen molar-refractivity contribution in [2.75, 3.05) is 12.1 Å². The smallest absolute Gasteiger partial charge is 0.231 e. The van der Waals surface area contributed by atoms with E-state index in [1.165, 1.54) is 0 Å². The normalized spacial score (nSPS) is 12.5. The van der Waals surface area contributed by atoms with E-state index in [0.29, 0.717) is 13.3 Å². The van der Waals surface area contributed by atoms with E-state index in [1.807, 2.05) is 31.2 Å². The van der Waals surface area contributed by atoms with E-state index in [9.17, 15) is 0 Å². The van der Waals surface area contributed by atoms with Gasteiger partial charge in [0.05, 0.1) is 0 Å². The molecule has 5 nitrogen and oxygen atoms in total. The lowest BCUT2D eigenvalue weighted by Gasteiger charge is -2.06. The second-order valence-corrected chi connectivity index (χ2v) is 4.09. The highest BCUT2D eigenvalue weighted by Gasteiger charge is 2.12. The zero-order valence-electron chi connectivity index (χ0n) is 10.0. The molecule has 0 amide bonds. The number of fused-ring (bicyclic) bond motifs is 1. The Hall–Kier alpha value is -2.30. The molecule has 92 valence electrons. The van der Waals surface area contributed by atoms with Crippen LogP contribution in [0.5, 0.6) is 11.5 Å². The maximum atomic E-state index is 5.33. The van der Waals surface area contributed by atoms with E-state index in [2.05, 4.69) is 15.3 Å². The highest BCUT2D eigenvalue weighted by molar-refractivity contribution is 5.45. The van der Waals surface area contributed by atoms with Gasteiger partial charge in [0.15, 0.2) is 11.5 Å². The first kappa shape index (κ1) is 10.8. The van der Waals surface area contributed by atoms with Crippen molar-refractivity contribution in [3.63, 3.8) is 0 Å². The molecule has 0 fully saturated rings. The predicted molar refractivity (Wildman–Crippen MR) is 66.7 cm³/mol. The number of anilines is 1. The molecule has 0 spiro atoms. The number of hydrogen-bond acceptors (Lipinski definition) is 5. The molecule has 18 heavy (non-hydrogen) atoms. The average molecular weight is 243 g/mol. The number of rotatable bonds is 3. The molecule has 1 aromatic carbocycles. The van der Waals surface area contributed by atoms with E-state index in [1.54, 1.807) is 6.33 Å². The van der Waals surface area contributed by atoms with Gasteiger partial charge in [-0.1, -0.05) is 6.07 Å². The standard InChI is InChI=1S/C13H13N3O2/c1-9-4-13(16-7-15-9)14-6-10-2-3-11-12(5-10)18-8-17-11/h2-5,7H,6,8H2,1H3,(H,14,15,16). The third-order valence-electron chi connectivity index (χ3n) is 2.71. The minimum Gasteiger partial charge on any atom is -0.454 e. The number of aromatic nitrogens is 2. The summed E-state index contributed by atoms with van der Waals surface area (Å²) in [6, 6.07) is 7.81. The van der Waals surface area contributed by atoms with Gasteiger partial charge >= 0.3 is 0 Å². The molecule has 1 N–H and O–H groups in total. The molecule has 3 rings (SSSR count). The summed E-state index contributed by atoms with van der Waals surface area (Å²) in [7, 11) is 0. The summed E-state index contributed by atoms with van der Waals surface area (Å²) >= 11 is 0. The summed E-state index contributed by atoms with van der Waals surface area (Å²) in [6.45, 7) is 2.93. The van der Waals surface area contributed by atoms with Gasteiger partial charge < -0.3 is 14.8 Å². The summed E-state index contributed by atoms with van der Waals surface area (Å²) in [4.78, 5) is 8.20. The largest absolute Gasteiger partial charge is 0.454 e. The SMILES string of the molecule is Cc1cc(NCc2ccc3c(c2)OCO3)ncn1. The van der Waals surface area contributed by atoms with Gasteiger partial charge in [-0.2, -0.15) is 0 Å². The van der Waals surface area contributed by atoms with Gasteiger partial charge in [-0.25, -0.2) is 9.97 Å². The molecule has 1 aliphatic heterocycles. The van der Waals surface area contributed by atoms with E-state index in [0.717, 1.165) is 28.6 Å². The van der Waals surface area contributed by atoms with Crippen molar-refractivity contribution in [2.24, 2.45) is 0 Å². The molecule has 0 atom stereocenters. The monoisotopic (exact) mass is 243 g/mol. The van der Waals surface area contributed by atoms with Crippen LogP contribution in [0.2, 0.25) is 0 Å². The molecule has 1 aliphatic rings. The fourth-order valence-corrected chi connectivity index (χ4v) is 1.79. The first-order chi connectivity index (χ1) is 8.81. The Labute approximate surface area is 105 Å². The molecular formula is C13H13N3O2. The number of ether oxygens (including phenoxy) is 2. The van der Waals surface area contributed by atoms with Crippen molar-refractivity contribution in [1.82, 2.24) is 9.97 Å². The Bertz CT molecular complexity index is 572. The molecule has 0 saturated heterocycles. The third-order valence-corrected chi connectivity index (χ3v) is 2.71. The van der Waals surface area contributed by atoms with Gasteiger partial charge in [0.25, 0.3) is 0 Å². The van der Waals surface area contributed by atoms with E-state index in [-0.39, 0.29) is 0 Å². The molecule has 2 aromatic rings. The lowest BCUT2D eigenvalue weighted by atomic mass is 10.2. The van der Waals surface area contributed by atoms with Gasteiger partial charge in [-0.15, -0.1) is 0 Å². The quantitative estimate of drug-likeness (QED) is 0.894. The van der Waals surface area contributed by atoms with Crippen LogP contribution in [0.1, 0.15) is 11.3 Å². The number of aryl methyl sites for hydroxylation is 1. The first-order valence-corrected chi connectivity index (χ1v) is 5.72. The number of benzene rings is 1. The lowest BCUT2D eigenvalue weighted by molar-refractivity contribution is 0.174. The number of nitrogens with zero attached hydrogens (tertiary/aromatic N) is 2. The van der Waals surface area contributed by atoms with E-state index in [4.69, 9.17) is 9.47 Å². The molecule has 2 heterocycles. The van der Waals surface area contributed by atoms with Crippen LogP contribution in [-0.2, 0) is 6.54 Å². The third kappa shape index (κ3) is 2.20. The fraction of sp³-hybridized carbons (Fsp3) is 0.231. The molecular weight excluding hydrogens is 230 g/mol. The van der Waals surface area contributed by atoms with Crippen molar-refractivity contribution in [3.8, 4) is 11.5 Å². The van der Waals surface area contributed by atoms with Crippen LogP contribution in [0.25, 0.3) is 0 Å². The van der Waals surface area contributed by atoms with Crippen LogP contribution in [0, 0.1) is 6.92 Å². The van der Waals surface area contributed by atoms with Crippen molar-refractivity contribution in [1.29, 1.82) is 0 Å². The van der Waals surface area contributed by atoms with Crippen LogP contribution >= 0.6 is 0 Å².